The first-order chi connectivity index (χ1) is 11.3. The van der Waals surface area contributed by atoms with Gasteiger partial charge in [0.05, 0.1) is 5.69 Å². The van der Waals surface area contributed by atoms with E-state index < -0.39 is 17.8 Å². The Bertz CT molecular complexity index is 766. The summed E-state index contributed by atoms with van der Waals surface area (Å²) in [5, 5.41) is 2.54. The SMILES string of the molecule is CC(C)c1nsc(C(=O)Nc2ccnc(C(F)(F)F)c2)c1C1CC1. The molecule has 1 fully saturated rings. The van der Waals surface area contributed by atoms with Gasteiger partial charge in [0.2, 0.25) is 0 Å². The van der Waals surface area contributed by atoms with E-state index in [1.807, 2.05) is 13.8 Å². The van der Waals surface area contributed by atoms with Crippen molar-refractivity contribution >= 4 is 23.1 Å². The molecule has 0 radical (unpaired) electrons. The predicted molar refractivity (Wildman–Crippen MR) is 85.4 cm³/mol. The summed E-state index contributed by atoms with van der Waals surface area (Å²) in [6.07, 6.45) is -1.47. The molecule has 0 unspecified atom stereocenters. The summed E-state index contributed by atoms with van der Waals surface area (Å²) in [6.45, 7) is 4.03. The highest BCUT2D eigenvalue weighted by molar-refractivity contribution is 7.08. The van der Waals surface area contributed by atoms with Crippen molar-refractivity contribution in [1.29, 1.82) is 0 Å². The normalized spacial score (nSPS) is 14.9. The molecule has 4 nitrogen and oxygen atoms in total. The van der Waals surface area contributed by atoms with Crippen LogP contribution in [0.4, 0.5) is 18.9 Å². The minimum atomic E-state index is -4.55. The topological polar surface area (TPSA) is 54.9 Å². The fraction of sp³-hybridized carbons (Fsp3) is 0.438. The average molecular weight is 355 g/mol. The standard InChI is InChI=1S/C16H16F3N3OS/c1-8(2)13-12(9-3-4-9)14(24-22-13)15(23)21-10-5-6-20-11(7-10)16(17,18)19/h5-9H,3-4H2,1-2H3,(H,20,21,23). The summed E-state index contributed by atoms with van der Waals surface area (Å²) in [5.74, 6) is 0.127. The van der Waals surface area contributed by atoms with Crippen LogP contribution in [0.2, 0.25) is 0 Å². The van der Waals surface area contributed by atoms with E-state index in [9.17, 15) is 18.0 Å². The van der Waals surface area contributed by atoms with Gasteiger partial charge in [-0.1, -0.05) is 13.8 Å². The summed E-state index contributed by atoms with van der Waals surface area (Å²) in [5.41, 5.74) is 0.911. The zero-order valence-electron chi connectivity index (χ0n) is 13.1. The van der Waals surface area contributed by atoms with Gasteiger partial charge in [0.25, 0.3) is 5.91 Å². The van der Waals surface area contributed by atoms with E-state index in [-0.39, 0.29) is 11.6 Å². The lowest BCUT2D eigenvalue weighted by atomic mass is 10.0. The molecule has 24 heavy (non-hydrogen) atoms. The molecule has 1 aliphatic rings. The second kappa shape index (κ2) is 6.16. The van der Waals surface area contributed by atoms with Crippen molar-refractivity contribution in [3.8, 4) is 0 Å². The fourth-order valence-electron chi connectivity index (χ4n) is 2.51. The number of amides is 1. The number of halogens is 3. The van der Waals surface area contributed by atoms with Crippen molar-refractivity contribution in [2.24, 2.45) is 0 Å². The predicted octanol–water partition coefficient (Wildman–Crippen LogP) is 4.81. The number of nitrogens with zero attached hydrogens (tertiary/aromatic N) is 2. The molecular formula is C16H16F3N3OS. The van der Waals surface area contributed by atoms with Gasteiger partial charge < -0.3 is 5.32 Å². The van der Waals surface area contributed by atoms with Crippen LogP contribution < -0.4 is 5.32 Å². The Kier molecular flexibility index (Phi) is 4.33. The number of alkyl halides is 3. The molecule has 0 atom stereocenters. The Labute approximate surface area is 141 Å². The van der Waals surface area contributed by atoms with Crippen molar-refractivity contribution in [3.63, 3.8) is 0 Å². The van der Waals surface area contributed by atoms with Gasteiger partial charge >= 0.3 is 6.18 Å². The van der Waals surface area contributed by atoms with E-state index in [4.69, 9.17) is 0 Å². The van der Waals surface area contributed by atoms with Gasteiger partial charge in [-0.15, -0.1) is 0 Å². The molecule has 0 aromatic carbocycles. The Morgan fingerprint density at radius 3 is 2.67 bits per heavy atom. The van der Waals surface area contributed by atoms with Gasteiger partial charge in [-0.3, -0.25) is 9.78 Å². The number of hydrogen-bond acceptors (Lipinski definition) is 4. The number of carbonyl (C=O) groups is 1. The van der Waals surface area contributed by atoms with Crippen LogP contribution in [0.25, 0.3) is 0 Å². The third kappa shape index (κ3) is 3.43. The second-order valence-electron chi connectivity index (χ2n) is 6.12. The molecule has 128 valence electrons. The lowest BCUT2D eigenvalue weighted by Gasteiger charge is -2.10. The van der Waals surface area contributed by atoms with Gasteiger partial charge in [0.1, 0.15) is 10.6 Å². The molecule has 8 heteroatoms. The molecule has 0 aliphatic heterocycles. The van der Waals surface area contributed by atoms with Crippen LogP contribution in [0.15, 0.2) is 18.3 Å². The maximum absolute atomic E-state index is 12.7. The molecule has 1 aliphatic carbocycles. The summed E-state index contributed by atoms with van der Waals surface area (Å²) < 4.78 is 42.5. The van der Waals surface area contributed by atoms with Gasteiger partial charge in [-0.2, -0.15) is 17.5 Å². The van der Waals surface area contributed by atoms with Crippen molar-refractivity contribution < 1.29 is 18.0 Å². The second-order valence-corrected chi connectivity index (χ2v) is 6.89. The van der Waals surface area contributed by atoms with E-state index in [2.05, 4.69) is 14.7 Å². The maximum atomic E-state index is 12.7. The first-order valence-corrected chi connectivity index (χ1v) is 8.38. The highest BCUT2D eigenvalue weighted by Crippen LogP contribution is 2.46. The molecule has 1 N–H and O–H groups in total. The zero-order valence-corrected chi connectivity index (χ0v) is 14.0. The van der Waals surface area contributed by atoms with E-state index in [0.717, 1.165) is 47.9 Å². The monoisotopic (exact) mass is 355 g/mol. The molecule has 0 saturated heterocycles. The Hall–Kier alpha value is -1.96. The number of rotatable bonds is 4. The molecular weight excluding hydrogens is 339 g/mol. The highest BCUT2D eigenvalue weighted by Gasteiger charge is 2.35. The first-order valence-electron chi connectivity index (χ1n) is 7.61. The summed E-state index contributed by atoms with van der Waals surface area (Å²) in [4.78, 5) is 16.3. The van der Waals surface area contributed by atoms with Crippen LogP contribution in [0.5, 0.6) is 0 Å². The van der Waals surface area contributed by atoms with Crippen LogP contribution in [-0.4, -0.2) is 15.3 Å². The van der Waals surface area contributed by atoms with Crippen molar-refractivity contribution in [1.82, 2.24) is 9.36 Å². The lowest BCUT2D eigenvalue weighted by Crippen LogP contribution is -2.14. The lowest BCUT2D eigenvalue weighted by molar-refractivity contribution is -0.141. The Morgan fingerprint density at radius 1 is 1.38 bits per heavy atom. The van der Waals surface area contributed by atoms with Gasteiger partial charge in [-0.05, 0) is 48.3 Å². The Balaban J connectivity index is 1.86. The van der Waals surface area contributed by atoms with Crippen molar-refractivity contribution in [2.75, 3.05) is 5.32 Å². The average Bonchev–Trinajstić information content (AvgIpc) is 3.24. The Morgan fingerprint density at radius 2 is 2.08 bits per heavy atom. The zero-order chi connectivity index (χ0) is 17.5. The molecule has 3 rings (SSSR count). The van der Waals surface area contributed by atoms with Gasteiger partial charge in [-0.25, -0.2) is 0 Å². The number of aromatic nitrogens is 2. The number of pyridine rings is 1. The minimum Gasteiger partial charge on any atom is -0.321 e. The van der Waals surface area contributed by atoms with Gasteiger partial charge in [0.15, 0.2) is 0 Å². The molecule has 2 aromatic heterocycles. The fourth-order valence-corrected chi connectivity index (χ4v) is 3.51. The smallest absolute Gasteiger partial charge is 0.321 e. The molecule has 1 amide bonds. The third-order valence-electron chi connectivity index (χ3n) is 3.80. The molecule has 2 heterocycles. The number of carbonyl (C=O) groups excluding carboxylic acids is 1. The van der Waals surface area contributed by atoms with Crippen LogP contribution in [0.3, 0.4) is 0 Å². The largest absolute Gasteiger partial charge is 0.433 e. The highest BCUT2D eigenvalue weighted by atomic mass is 32.1. The van der Waals surface area contributed by atoms with Crippen molar-refractivity contribution in [3.05, 3.63) is 40.2 Å². The molecule has 2 aromatic rings. The number of anilines is 1. The molecule has 1 saturated carbocycles. The van der Waals surface area contributed by atoms with E-state index in [0.29, 0.717) is 10.8 Å². The van der Waals surface area contributed by atoms with E-state index in [1.165, 1.54) is 6.07 Å². The van der Waals surface area contributed by atoms with E-state index in [1.54, 1.807) is 0 Å². The van der Waals surface area contributed by atoms with Gasteiger partial charge in [0, 0.05) is 17.4 Å². The molecule has 0 bridgehead atoms. The van der Waals surface area contributed by atoms with Crippen LogP contribution in [-0.2, 0) is 6.18 Å². The third-order valence-corrected chi connectivity index (χ3v) is 4.68. The molecule has 0 spiro atoms. The summed E-state index contributed by atoms with van der Waals surface area (Å²) in [6, 6.07) is 2.17. The van der Waals surface area contributed by atoms with Crippen LogP contribution >= 0.6 is 11.5 Å². The number of nitrogens with one attached hydrogen (secondary N) is 1. The summed E-state index contributed by atoms with van der Waals surface area (Å²) >= 11 is 1.11. The minimum absolute atomic E-state index is 0.0727. The van der Waals surface area contributed by atoms with Crippen LogP contribution in [0.1, 0.15) is 65.1 Å². The first kappa shape index (κ1) is 16.9. The van der Waals surface area contributed by atoms with Crippen molar-refractivity contribution in [2.45, 2.75) is 44.7 Å². The number of hydrogen-bond donors (Lipinski definition) is 1. The maximum Gasteiger partial charge on any atom is 0.433 e. The quantitative estimate of drug-likeness (QED) is 0.856. The summed E-state index contributed by atoms with van der Waals surface area (Å²) in [7, 11) is 0. The van der Waals surface area contributed by atoms with E-state index >= 15 is 0 Å². The van der Waals surface area contributed by atoms with Crippen LogP contribution in [0, 0.1) is 0 Å².